The number of amides is 1. The Morgan fingerprint density at radius 3 is 2.44 bits per heavy atom. The number of hydrogen-bond donors (Lipinski definition) is 2. The van der Waals surface area contributed by atoms with Crippen LogP contribution in [0.25, 0.3) is 0 Å². The van der Waals surface area contributed by atoms with E-state index in [0.29, 0.717) is 6.54 Å². The minimum absolute atomic E-state index is 0.108. The molecule has 0 aromatic rings. The zero-order valence-electron chi connectivity index (χ0n) is 10.7. The highest BCUT2D eigenvalue weighted by atomic mass is 32.2. The molecule has 0 aliphatic rings. The van der Waals surface area contributed by atoms with Crippen molar-refractivity contribution in [2.75, 3.05) is 12.8 Å². The van der Waals surface area contributed by atoms with Gasteiger partial charge in [0, 0.05) is 28.9 Å². The third-order valence-corrected chi connectivity index (χ3v) is 4.35. The van der Waals surface area contributed by atoms with Crippen LogP contribution in [-0.4, -0.2) is 34.2 Å². The molecule has 16 heavy (non-hydrogen) atoms. The van der Waals surface area contributed by atoms with Crippen LogP contribution in [0.15, 0.2) is 0 Å². The molecule has 4 unspecified atom stereocenters. The zero-order chi connectivity index (χ0) is 12.7. The summed E-state index contributed by atoms with van der Waals surface area (Å²) in [4.78, 5) is 11.6. The van der Waals surface area contributed by atoms with Gasteiger partial charge in [-0.3, -0.25) is 9.00 Å². The summed E-state index contributed by atoms with van der Waals surface area (Å²) in [6, 6.07) is -0.438. The lowest BCUT2D eigenvalue weighted by Crippen LogP contribution is -2.45. The van der Waals surface area contributed by atoms with E-state index in [-0.39, 0.29) is 17.1 Å². The van der Waals surface area contributed by atoms with Gasteiger partial charge in [-0.25, -0.2) is 0 Å². The molecule has 1 amide bonds. The topological polar surface area (TPSA) is 72.2 Å². The average molecular weight is 248 g/mol. The van der Waals surface area contributed by atoms with Gasteiger partial charge in [-0.15, -0.1) is 0 Å². The van der Waals surface area contributed by atoms with Crippen LogP contribution in [0.4, 0.5) is 0 Å². The minimum Gasteiger partial charge on any atom is -0.355 e. The van der Waals surface area contributed by atoms with E-state index in [9.17, 15) is 9.00 Å². The standard InChI is InChI=1S/C11H24N2O2S/c1-5-8(2)10(12)11(14)13-7-6-9(3)16(4)15/h8-10H,5-7,12H2,1-4H3,(H,13,14). The van der Waals surface area contributed by atoms with Crippen molar-refractivity contribution in [1.29, 1.82) is 0 Å². The fraction of sp³-hybridized carbons (Fsp3) is 0.909. The molecule has 0 radical (unpaired) electrons. The molecule has 4 nitrogen and oxygen atoms in total. The van der Waals surface area contributed by atoms with Gasteiger partial charge in [0.1, 0.15) is 0 Å². The minimum atomic E-state index is -0.829. The summed E-state index contributed by atoms with van der Waals surface area (Å²) in [5.74, 6) is 0.0844. The van der Waals surface area contributed by atoms with Gasteiger partial charge in [0.25, 0.3) is 0 Å². The smallest absolute Gasteiger partial charge is 0.237 e. The molecule has 3 N–H and O–H groups in total. The van der Waals surface area contributed by atoms with E-state index in [0.717, 1.165) is 12.8 Å². The van der Waals surface area contributed by atoms with Crippen molar-refractivity contribution in [3.63, 3.8) is 0 Å². The fourth-order valence-electron chi connectivity index (χ4n) is 1.19. The Morgan fingerprint density at radius 2 is 2.00 bits per heavy atom. The maximum Gasteiger partial charge on any atom is 0.237 e. The molecule has 0 heterocycles. The van der Waals surface area contributed by atoms with E-state index >= 15 is 0 Å². The van der Waals surface area contributed by atoms with E-state index in [4.69, 9.17) is 5.73 Å². The van der Waals surface area contributed by atoms with Gasteiger partial charge in [0.05, 0.1) is 6.04 Å². The molecule has 0 aliphatic heterocycles. The van der Waals surface area contributed by atoms with Crippen molar-refractivity contribution in [2.24, 2.45) is 11.7 Å². The summed E-state index contributed by atoms with van der Waals surface area (Å²) in [5.41, 5.74) is 5.78. The molecule has 0 saturated heterocycles. The lowest BCUT2D eigenvalue weighted by Gasteiger charge is -2.18. The Morgan fingerprint density at radius 1 is 1.44 bits per heavy atom. The second-order valence-corrected chi connectivity index (χ2v) is 6.10. The Labute approximate surface area is 101 Å². The normalized spacial score (nSPS) is 18.6. The molecule has 5 heteroatoms. The van der Waals surface area contributed by atoms with Crippen LogP contribution < -0.4 is 11.1 Å². The molecule has 0 fully saturated rings. The maximum absolute atomic E-state index is 11.6. The van der Waals surface area contributed by atoms with Crippen LogP contribution in [-0.2, 0) is 15.6 Å². The quantitative estimate of drug-likeness (QED) is 0.694. The first-order valence-electron chi connectivity index (χ1n) is 5.75. The van der Waals surface area contributed by atoms with Crippen LogP contribution in [0.2, 0.25) is 0 Å². The predicted molar refractivity (Wildman–Crippen MR) is 68.6 cm³/mol. The zero-order valence-corrected chi connectivity index (χ0v) is 11.5. The number of nitrogens with two attached hydrogens (primary N) is 1. The van der Waals surface area contributed by atoms with Crippen molar-refractivity contribution >= 4 is 16.7 Å². The molecule has 0 saturated carbocycles. The monoisotopic (exact) mass is 248 g/mol. The van der Waals surface area contributed by atoms with Gasteiger partial charge in [-0.05, 0) is 12.3 Å². The van der Waals surface area contributed by atoms with Crippen molar-refractivity contribution in [3.8, 4) is 0 Å². The van der Waals surface area contributed by atoms with Gasteiger partial charge in [0.2, 0.25) is 5.91 Å². The number of rotatable bonds is 7. The van der Waals surface area contributed by atoms with Crippen LogP contribution in [0.3, 0.4) is 0 Å². The summed E-state index contributed by atoms with van der Waals surface area (Å²) in [5, 5.41) is 2.90. The molecular formula is C11H24N2O2S. The molecule has 0 spiro atoms. The third-order valence-electron chi connectivity index (χ3n) is 2.98. The Bertz CT molecular complexity index is 246. The highest BCUT2D eigenvalue weighted by Gasteiger charge is 2.19. The van der Waals surface area contributed by atoms with Gasteiger partial charge in [-0.1, -0.05) is 27.2 Å². The average Bonchev–Trinajstić information content (AvgIpc) is 2.26. The van der Waals surface area contributed by atoms with Crippen molar-refractivity contribution in [3.05, 3.63) is 0 Å². The highest BCUT2D eigenvalue weighted by Crippen LogP contribution is 2.05. The maximum atomic E-state index is 11.6. The lowest BCUT2D eigenvalue weighted by molar-refractivity contribution is -0.123. The number of hydrogen-bond acceptors (Lipinski definition) is 3. The first-order valence-corrected chi connectivity index (χ1v) is 7.37. The van der Waals surface area contributed by atoms with Crippen LogP contribution in [0, 0.1) is 5.92 Å². The molecule has 96 valence electrons. The van der Waals surface area contributed by atoms with Gasteiger partial charge >= 0.3 is 0 Å². The van der Waals surface area contributed by atoms with Crippen LogP contribution >= 0.6 is 0 Å². The second-order valence-electron chi connectivity index (χ2n) is 4.30. The molecule has 0 aliphatic carbocycles. The molecule has 0 bridgehead atoms. The van der Waals surface area contributed by atoms with E-state index in [1.165, 1.54) is 0 Å². The first-order chi connectivity index (χ1) is 7.40. The highest BCUT2D eigenvalue weighted by molar-refractivity contribution is 7.84. The third kappa shape index (κ3) is 5.61. The van der Waals surface area contributed by atoms with Crippen molar-refractivity contribution in [1.82, 2.24) is 5.32 Å². The molecular weight excluding hydrogens is 224 g/mol. The van der Waals surface area contributed by atoms with E-state index in [1.54, 1.807) is 6.26 Å². The van der Waals surface area contributed by atoms with Crippen molar-refractivity contribution in [2.45, 2.75) is 44.9 Å². The van der Waals surface area contributed by atoms with Crippen LogP contribution in [0.1, 0.15) is 33.6 Å². The van der Waals surface area contributed by atoms with Gasteiger partial charge in [0.15, 0.2) is 0 Å². The number of carbonyl (C=O) groups excluding carboxylic acids is 1. The Hall–Kier alpha value is -0.420. The second kappa shape index (κ2) is 7.79. The van der Waals surface area contributed by atoms with E-state index in [1.807, 2.05) is 20.8 Å². The van der Waals surface area contributed by atoms with Crippen LogP contribution in [0.5, 0.6) is 0 Å². The van der Waals surface area contributed by atoms with Crippen molar-refractivity contribution < 1.29 is 9.00 Å². The molecule has 4 atom stereocenters. The number of carbonyl (C=O) groups is 1. The molecule has 0 aromatic heterocycles. The Balaban J connectivity index is 3.85. The van der Waals surface area contributed by atoms with E-state index in [2.05, 4.69) is 5.32 Å². The first kappa shape index (κ1) is 15.6. The summed E-state index contributed by atoms with van der Waals surface area (Å²) in [6.45, 7) is 6.44. The lowest BCUT2D eigenvalue weighted by atomic mass is 9.99. The molecule has 0 rings (SSSR count). The predicted octanol–water partition coefficient (Wildman–Crippen LogP) is 0.633. The Kier molecular flexibility index (Phi) is 7.58. The van der Waals surface area contributed by atoms with Gasteiger partial charge in [-0.2, -0.15) is 0 Å². The fourth-order valence-corrected chi connectivity index (χ4v) is 1.64. The summed E-state index contributed by atoms with van der Waals surface area (Å²) >= 11 is 0. The number of nitrogens with one attached hydrogen (secondary N) is 1. The van der Waals surface area contributed by atoms with Gasteiger partial charge < -0.3 is 11.1 Å². The molecule has 0 aromatic carbocycles. The SMILES string of the molecule is CCC(C)C(N)C(=O)NCCC(C)S(C)=O. The largest absolute Gasteiger partial charge is 0.355 e. The van der Waals surface area contributed by atoms with E-state index < -0.39 is 16.8 Å². The summed E-state index contributed by atoms with van der Waals surface area (Å²) < 4.78 is 11.1. The summed E-state index contributed by atoms with van der Waals surface area (Å²) in [6.07, 6.45) is 3.30. The summed E-state index contributed by atoms with van der Waals surface area (Å²) in [7, 11) is -0.829.